The highest BCUT2D eigenvalue weighted by molar-refractivity contribution is 5.93. The normalized spacial score (nSPS) is 23.3. The van der Waals surface area contributed by atoms with Gasteiger partial charge >= 0.3 is 0 Å². The number of carbonyl (C=O) groups is 1. The number of rotatable bonds is 5. The molecule has 1 amide bonds. The van der Waals surface area contributed by atoms with Crippen LogP contribution in [0.5, 0.6) is 0 Å². The maximum atomic E-state index is 12.4. The lowest BCUT2D eigenvalue weighted by molar-refractivity contribution is -0.117. The molecule has 0 radical (unpaired) electrons. The van der Waals surface area contributed by atoms with E-state index >= 15 is 0 Å². The predicted molar refractivity (Wildman–Crippen MR) is 93.1 cm³/mol. The van der Waals surface area contributed by atoms with Gasteiger partial charge in [-0.1, -0.05) is 0 Å². The Bertz CT molecular complexity index is 534. The lowest BCUT2D eigenvalue weighted by Crippen LogP contribution is -2.46. The standard InChI is InChI=1S/C17H29N5O2/c1-13-17(14(2)20-19-13)18-16(23)12-22-5-3-4-15(11-22)10-21-6-8-24-9-7-21/h15H,3-12H2,1-2H3,(H,18,23)(H,19,20). The third kappa shape index (κ3) is 4.55. The van der Waals surface area contributed by atoms with Crippen molar-refractivity contribution in [3.8, 4) is 0 Å². The van der Waals surface area contributed by atoms with Gasteiger partial charge in [-0.3, -0.25) is 19.7 Å². The number of hydrogen-bond acceptors (Lipinski definition) is 5. The van der Waals surface area contributed by atoms with Crippen molar-refractivity contribution in [3.63, 3.8) is 0 Å². The van der Waals surface area contributed by atoms with Crippen molar-refractivity contribution in [3.05, 3.63) is 11.4 Å². The van der Waals surface area contributed by atoms with E-state index in [0.29, 0.717) is 12.5 Å². The monoisotopic (exact) mass is 335 g/mol. The van der Waals surface area contributed by atoms with E-state index in [1.54, 1.807) is 0 Å². The van der Waals surface area contributed by atoms with E-state index in [9.17, 15) is 4.79 Å². The number of likely N-dealkylation sites (tertiary alicyclic amines) is 1. The molecule has 0 saturated carbocycles. The number of aryl methyl sites for hydroxylation is 2. The summed E-state index contributed by atoms with van der Waals surface area (Å²) in [5.74, 6) is 0.705. The van der Waals surface area contributed by atoms with Crippen molar-refractivity contribution in [2.24, 2.45) is 5.92 Å². The van der Waals surface area contributed by atoms with Crippen molar-refractivity contribution in [2.75, 3.05) is 57.8 Å². The maximum absolute atomic E-state index is 12.4. The molecule has 7 nitrogen and oxygen atoms in total. The minimum Gasteiger partial charge on any atom is -0.379 e. The molecule has 0 aromatic carbocycles. The molecular formula is C17H29N5O2. The van der Waals surface area contributed by atoms with Crippen LogP contribution in [0, 0.1) is 19.8 Å². The first-order chi connectivity index (χ1) is 11.6. The summed E-state index contributed by atoms with van der Waals surface area (Å²) in [7, 11) is 0. The summed E-state index contributed by atoms with van der Waals surface area (Å²) >= 11 is 0. The minimum atomic E-state index is 0.0506. The number of anilines is 1. The van der Waals surface area contributed by atoms with E-state index in [4.69, 9.17) is 4.74 Å². The highest BCUT2D eigenvalue weighted by Gasteiger charge is 2.24. The maximum Gasteiger partial charge on any atom is 0.238 e. The van der Waals surface area contributed by atoms with Crippen LogP contribution < -0.4 is 5.32 Å². The topological polar surface area (TPSA) is 73.5 Å². The van der Waals surface area contributed by atoms with Gasteiger partial charge in [-0.15, -0.1) is 0 Å². The lowest BCUT2D eigenvalue weighted by Gasteiger charge is -2.36. The summed E-state index contributed by atoms with van der Waals surface area (Å²) in [6.45, 7) is 11.2. The van der Waals surface area contributed by atoms with E-state index in [1.165, 1.54) is 12.8 Å². The number of aromatic nitrogens is 2. The Morgan fingerprint density at radius 2 is 2.08 bits per heavy atom. The second-order valence-corrected chi connectivity index (χ2v) is 7.01. The number of H-pyrrole nitrogens is 1. The summed E-state index contributed by atoms with van der Waals surface area (Å²) in [6.07, 6.45) is 2.43. The molecule has 2 N–H and O–H groups in total. The van der Waals surface area contributed by atoms with E-state index in [0.717, 1.165) is 63.0 Å². The van der Waals surface area contributed by atoms with Crippen LogP contribution in [-0.2, 0) is 9.53 Å². The number of ether oxygens (including phenoxy) is 1. The summed E-state index contributed by atoms with van der Waals surface area (Å²) in [5.41, 5.74) is 2.57. The number of aromatic amines is 1. The van der Waals surface area contributed by atoms with Crippen molar-refractivity contribution < 1.29 is 9.53 Å². The number of nitrogens with one attached hydrogen (secondary N) is 2. The van der Waals surface area contributed by atoms with E-state index < -0.39 is 0 Å². The van der Waals surface area contributed by atoms with Gasteiger partial charge in [0.15, 0.2) is 0 Å². The number of amides is 1. The lowest BCUT2D eigenvalue weighted by atomic mass is 9.97. The van der Waals surface area contributed by atoms with Crippen LogP contribution in [0.25, 0.3) is 0 Å². The van der Waals surface area contributed by atoms with Crippen LogP contribution in [0.1, 0.15) is 24.2 Å². The Labute approximate surface area is 143 Å². The molecule has 1 aromatic heterocycles. The van der Waals surface area contributed by atoms with Crippen molar-refractivity contribution in [2.45, 2.75) is 26.7 Å². The largest absolute Gasteiger partial charge is 0.379 e. The number of nitrogens with zero attached hydrogens (tertiary/aromatic N) is 3. The van der Waals surface area contributed by atoms with E-state index in [1.807, 2.05) is 13.8 Å². The SMILES string of the molecule is Cc1n[nH]c(C)c1NC(=O)CN1CCCC(CN2CCOCC2)C1. The molecule has 24 heavy (non-hydrogen) atoms. The molecule has 1 atom stereocenters. The summed E-state index contributed by atoms with van der Waals surface area (Å²) < 4.78 is 5.42. The number of piperidine rings is 1. The Balaban J connectivity index is 1.47. The number of carbonyl (C=O) groups excluding carboxylic acids is 1. The van der Waals surface area contributed by atoms with Crippen molar-refractivity contribution >= 4 is 11.6 Å². The van der Waals surface area contributed by atoms with Gasteiger partial charge in [0, 0.05) is 26.2 Å². The highest BCUT2D eigenvalue weighted by Crippen LogP contribution is 2.19. The van der Waals surface area contributed by atoms with Crippen LogP contribution in [0.3, 0.4) is 0 Å². The van der Waals surface area contributed by atoms with Crippen molar-refractivity contribution in [1.82, 2.24) is 20.0 Å². The molecule has 3 rings (SSSR count). The quantitative estimate of drug-likeness (QED) is 0.840. The average molecular weight is 335 g/mol. The molecule has 0 aliphatic carbocycles. The van der Waals surface area contributed by atoms with Crippen LogP contribution in [0.4, 0.5) is 5.69 Å². The van der Waals surface area contributed by atoms with Crippen LogP contribution in [0.15, 0.2) is 0 Å². The third-order valence-corrected chi connectivity index (χ3v) is 4.98. The van der Waals surface area contributed by atoms with Gasteiger partial charge in [0.05, 0.1) is 36.8 Å². The third-order valence-electron chi connectivity index (χ3n) is 4.98. The Hall–Kier alpha value is -1.44. The highest BCUT2D eigenvalue weighted by atomic mass is 16.5. The van der Waals surface area contributed by atoms with Crippen LogP contribution >= 0.6 is 0 Å². The molecule has 1 unspecified atom stereocenters. The Morgan fingerprint density at radius 3 is 2.79 bits per heavy atom. The second-order valence-electron chi connectivity index (χ2n) is 7.01. The smallest absolute Gasteiger partial charge is 0.238 e. The molecule has 2 aliphatic rings. The minimum absolute atomic E-state index is 0.0506. The zero-order chi connectivity index (χ0) is 16.9. The number of morpholine rings is 1. The van der Waals surface area contributed by atoms with Gasteiger partial charge in [0.2, 0.25) is 5.91 Å². The first-order valence-corrected chi connectivity index (χ1v) is 8.95. The molecular weight excluding hydrogens is 306 g/mol. The molecule has 3 heterocycles. The molecule has 134 valence electrons. The summed E-state index contributed by atoms with van der Waals surface area (Å²) in [5, 5.41) is 10.0. The molecule has 0 spiro atoms. The Morgan fingerprint density at radius 1 is 1.29 bits per heavy atom. The summed E-state index contributed by atoms with van der Waals surface area (Å²) in [6, 6.07) is 0. The van der Waals surface area contributed by atoms with E-state index in [-0.39, 0.29) is 5.91 Å². The summed E-state index contributed by atoms with van der Waals surface area (Å²) in [4.78, 5) is 17.1. The molecule has 2 fully saturated rings. The van der Waals surface area contributed by atoms with Gasteiger partial charge in [-0.2, -0.15) is 5.10 Å². The fourth-order valence-electron chi connectivity index (χ4n) is 3.71. The molecule has 1 aromatic rings. The van der Waals surface area contributed by atoms with Gasteiger partial charge in [0.1, 0.15) is 0 Å². The predicted octanol–water partition coefficient (Wildman–Crippen LogP) is 1.01. The van der Waals surface area contributed by atoms with E-state index in [2.05, 4.69) is 25.3 Å². The first-order valence-electron chi connectivity index (χ1n) is 8.95. The van der Waals surface area contributed by atoms with Gasteiger partial charge < -0.3 is 10.1 Å². The zero-order valence-electron chi connectivity index (χ0n) is 14.8. The van der Waals surface area contributed by atoms with Crippen molar-refractivity contribution in [1.29, 1.82) is 0 Å². The fraction of sp³-hybridized carbons (Fsp3) is 0.765. The fourth-order valence-corrected chi connectivity index (χ4v) is 3.71. The number of hydrogen-bond donors (Lipinski definition) is 2. The second kappa shape index (κ2) is 8.09. The zero-order valence-corrected chi connectivity index (χ0v) is 14.8. The van der Waals surface area contributed by atoms with Gasteiger partial charge in [-0.05, 0) is 39.2 Å². The molecule has 2 aliphatic heterocycles. The molecule has 7 heteroatoms. The van der Waals surface area contributed by atoms with Crippen LogP contribution in [0.2, 0.25) is 0 Å². The van der Waals surface area contributed by atoms with Gasteiger partial charge in [0.25, 0.3) is 0 Å². The first kappa shape index (κ1) is 17.4. The Kier molecular flexibility index (Phi) is 5.86. The molecule has 0 bridgehead atoms. The van der Waals surface area contributed by atoms with Crippen LogP contribution in [-0.4, -0.2) is 78.4 Å². The molecule has 2 saturated heterocycles. The van der Waals surface area contributed by atoms with Gasteiger partial charge in [-0.25, -0.2) is 0 Å². The average Bonchev–Trinajstić information content (AvgIpc) is 2.88.